The summed E-state index contributed by atoms with van der Waals surface area (Å²) >= 11 is 0. The standard InChI is InChI=1S/C13H27N3O2S/c1-15(10-11-16-8-4-5-9-16)19(17,18)12-13-6-2-3-7-14-13/h13-14H,2-12H2,1H3. The lowest BCUT2D eigenvalue weighted by Gasteiger charge is -2.26. The van der Waals surface area contributed by atoms with Crippen LogP contribution in [0.3, 0.4) is 0 Å². The van der Waals surface area contributed by atoms with Crippen molar-refractivity contribution in [3.63, 3.8) is 0 Å². The summed E-state index contributed by atoms with van der Waals surface area (Å²) in [6.45, 7) is 4.69. The molecule has 2 fully saturated rings. The van der Waals surface area contributed by atoms with Gasteiger partial charge in [0.1, 0.15) is 0 Å². The van der Waals surface area contributed by atoms with E-state index >= 15 is 0 Å². The van der Waals surface area contributed by atoms with Gasteiger partial charge in [0.25, 0.3) is 0 Å². The third-order valence-corrected chi connectivity index (χ3v) is 6.18. The first kappa shape index (κ1) is 15.2. The van der Waals surface area contributed by atoms with Crippen molar-refractivity contribution >= 4 is 10.0 Å². The van der Waals surface area contributed by atoms with Crippen LogP contribution in [0.2, 0.25) is 0 Å². The van der Waals surface area contributed by atoms with Crippen molar-refractivity contribution in [2.24, 2.45) is 0 Å². The molecule has 2 saturated heterocycles. The summed E-state index contributed by atoms with van der Waals surface area (Å²) in [6.07, 6.45) is 5.80. The molecule has 2 aliphatic heterocycles. The van der Waals surface area contributed by atoms with Crippen LogP contribution in [-0.2, 0) is 10.0 Å². The van der Waals surface area contributed by atoms with Crippen LogP contribution >= 0.6 is 0 Å². The summed E-state index contributed by atoms with van der Waals surface area (Å²) in [5.41, 5.74) is 0. The fraction of sp³-hybridized carbons (Fsp3) is 1.00. The van der Waals surface area contributed by atoms with Crippen molar-refractivity contribution in [1.29, 1.82) is 0 Å². The summed E-state index contributed by atoms with van der Waals surface area (Å²) in [5.74, 6) is 0.253. The van der Waals surface area contributed by atoms with Gasteiger partial charge in [0.15, 0.2) is 0 Å². The van der Waals surface area contributed by atoms with Crippen LogP contribution < -0.4 is 5.32 Å². The largest absolute Gasteiger partial charge is 0.313 e. The molecule has 2 heterocycles. The van der Waals surface area contributed by atoms with E-state index in [4.69, 9.17) is 0 Å². The average Bonchev–Trinajstić information content (AvgIpc) is 2.89. The molecule has 0 saturated carbocycles. The second kappa shape index (κ2) is 7.02. The Balaban J connectivity index is 1.76. The first-order valence-corrected chi connectivity index (χ1v) is 9.08. The van der Waals surface area contributed by atoms with Crippen molar-refractivity contribution in [3.05, 3.63) is 0 Å². The number of nitrogens with zero attached hydrogens (tertiary/aromatic N) is 2. The Bertz CT molecular complexity index is 360. The third kappa shape index (κ3) is 4.70. The number of hydrogen-bond acceptors (Lipinski definition) is 4. The molecule has 2 rings (SSSR count). The minimum atomic E-state index is -3.11. The maximum Gasteiger partial charge on any atom is 0.215 e. The van der Waals surface area contributed by atoms with E-state index in [-0.39, 0.29) is 11.8 Å². The van der Waals surface area contributed by atoms with Gasteiger partial charge in [0.05, 0.1) is 5.75 Å². The number of likely N-dealkylation sites (tertiary alicyclic amines) is 1. The smallest absolute Gasteiger partial charge is 0.215 e. The van der Waals surface area contributed by atoms with E-state index in [9.17, 15) is 8.42 Å². The summed E-state index contributed by atoms with van der Waals surface area (Å²) in [7, 11) is -1.39. The molecule has 5 nitrogen and oxygen atoms in total. The molecule has 19 heavy (non-hydrogen) atoms. The molecule has 1 atom stereocenters. The Morgan fingerprint density at radius 2 is 1.95 bits per heavy atom. The van der Waals surface area contributed by atoms with E-state index in [1.165, 1.54) is 19.3 Å². The number of sulfonamides is 1. The molecule has 1 N–H and O–H groups in total. The quantitative estimate of drug-likeness (QED) is 0.773. The van der Waals surface area contributed by atoms with Crippen LogP contribution in [0.15, 0.2) is 0 Å². The number of hydrogen-bond donors (Lipinski definition) is 1. The number of nitrogens with one attached hydrogen (secondary N) is 1. The minimum Gasteiger partial charge on any atom is -0.313 e. The molecule has 6 heteroatoms. The molecule has 2 aliphatic rings. The average molecular weight is 289 g/mol. The van der Waals surface area contributed by atoms with Crippen LogP contribution in [-0.4, -0.2) is 69.2 Å². The van der Waals surface area contributed by atoms with Gasteiger partial charge in [-0.15, -0.1) is 0 Å². The highest BCUT2D eigenvalue weighted by atomic mass is 32.2. The predicted molar refractivity (Wildman–Crippen MR) is 77.7 cm³/mol. The van der Waals surface area contributed by atoms with E-state index in [2.05, 4.69) is 10.2 Å². The normalized spacial score (nSPS) is 26.1. The minimum absolute atomic E-state index is 0.146. The molecule has 0 aromatic heterocycles. The Morgan fingerprint density at radius 3 is 2.58 bits per heavy atom. The van der Waals surface area contributed by atoms with E-state index in [0.29, 0.717) is 6.54 Å². The van der Waals surface area contributed by atoms with Gasteiger partial charge in [-0.25, -0.2) is 12.7 Å². The fourth-order valence-electron chi connectivity index (χ4n) is 2.88. The lowest BCUT2D eigenvalue weighted by molar-refractivity contribution is 0.308. The lowest BCUT2D eigenvalue weighted by Crippen LogP contribution is -2.44. The van der Waals surface area contributed by atoms with Gasteiger partial charge in [-0.2, -0.15) is 0 Å². The monoisotopic (exact) mass is 289 g/mol. The molecule has 0 radical (unpaired) electrons. The lowest BCUT2D eigenvalue weighted by atomic mass is 10.1. The molecule has 112 valence electrons. The van der Waals surface area contributed by atoms with Crippen LogP contribution in [0.25, 0.3) is 0 Å². The van der Waals surface area contributed by atoms with Gasteiger partial charge in [0.2, 0.25) is 10.0 Å². The van der Waals surface area contributed by atoms with Crippen LogP contribution in [0.4, 0.5) is 0 Å². The van der Waals surface area contributed by atoms with E-state index in [1.807, 2.05) is 0 Å². The van der Waals surface area contributed by atoms with Crippen molar-refractivity contribution in [2.75, 3.05) is 45.5 Å². The Hall–Kier alpha value is -0.170. The summed E-state index contributed by atoms with van der Waals surface area (Å²) in [4.78, 5) is 2.35. The summed E-state index contributed by atoms with van der Waals surface area (Å²) in [6, 6.07) is 0.146. The SMILES string of the molecule is CN(CCN1CCCC1)S(=O)(=O)CC1CCCCN1. The molecule has 1 unspecified atom stereocenters. The highest BCUT2D eigenvalue weighted by molar-refractivity contribution is 7.89. The zero-order chi connectivity index (χ0) is 13.7. The molecular weight excluding hydrogens is 262 g/mol. The topological polar surface area (TPSA) is 52.7 Å². The second-order valence-corrected chi connectivity index (χ2v) is 7.92. The molecule has 0 spiro atoms. The van der Waals surface area contributed by atoms with Crippen molar-refractivity contribution in [3.8, 4) is 0 Å². The first-order chi connectivity index (χ1) is 9.08. The zero-order valence-electron chi connectivity index (χ0n) is 12.0. The van der Waals surface area contributed by atoms with Crippen molar-refractivity contribution in [2.45, 2.75) is 38.1 Å². The Labute approximate surface area is 117 Å². The van der Waals surface area contributed by atoms with Gasteiger partial charge >= 0.3 is 0 Å². The molecule has 0 bridgehead atoms. The number of rotatable bonds is 6. The fourth-order valence-corrected chi connectivity index (χ4v) is 4.28. The Morgan fingerprint density at radius 1 is 1.21 bits per heavy atom. The van der Waals surface area contributed by atoms with Gasteiger partial charge in [0, 0.05) is 26.2 Å². The highest BCUT2D eigenvalue weighted by Gasteiger charge is 2.25. The van der Waals surface area contributed by atoms with Gasteiger partial charge in [-0.3, -0.25) is 0 Å². The highest BCUT2D eigenvalue weighted by Crippen LogP contribution is 2.12. The number of likely N-dealkylation sites (N-methyl/N-ethyl adjacent to an activating group) is 1. The first-order valence-electron chi connectivity index (χ1n) is 7.48. The molecule has 0 aromatic carbocycles. The summed E-state index contributed by atoms with van der Waals surface area (Å²) < 4.78 is 26.1. The molecule has 0 amide bonds. The van der Waals surface area contributed by atoms with E-state index < -0.39 is 10.0 Å². The maximum absolute atomic E-state index is 12.3. The van der Waals surface area contributed by atoms with Gasteiger partial charge < -0.3 is 10.2 Å². The second-order valence-electron chi connectivity index (χ2n) is 5.80. The molecule has 0 aromatic rings. The third-order valence-electron chi connectivity index (χ3n) is 4.23. The van der Waals surface area contributed by atoms with E-state index in [1.54, 1.807) is 11.4 Å². The Kier molecular flexibility index (Phi) is 5.62. The molecule has 0 aliphatic carbocycles. The zero-order valence-corrected chi connectivity index (χ0v) is 12.8. The number of piperidine rings is 1. The van der Waals surface area contributed by atoms with Crippen molar-refractivity contribution < 1.29 is 8.42 Å². The van der Waals surface area contributed by atoms with E-state index in [0.717, 1.165) is 39.0 Å². The van der Waals surface area contributed by atoms with Gasteiger partial charge in [-0.1, -0.05) is 6.42 Å². The summed E-state index contributed by atoms with van der Waals surface area (Å²) in [5, 5.41) is 3.31. The maximum atomic E-state index is 12.3. The van der Waals surface area contributed by atoms with Crippen LogP contribution in [0.1, 0.15) is 32.1 Å². The van der Waals surface area contributed by atoms with Gasteiger partial charge in [-0.05, 0) is 45.3 Å². The van der Waals surface area contributed by atoms with Crippen molar-refractivity contribution in [1.82, 2.24) is 14.5 Å². The molecular formula is C13H27N3O2S. The van der Waals surface area contributed by atoms with Crippen LogP contribution in [0.5, 0.6) is 0 Å². The predicted octanol–water partition coefficient (Wildman–Crippen LogP) is 0.486. The van der Waals surface area contributed by atoms with Crippen LogP contribution in [0, 0.1) is 0 Å².